The zero-order valence-corrected chi connectivity index (χ0v) is 22.5. The number of aldehydes is 1. The predicted molar refractivity (Wildman–Crippen MR) is 131 cm³/mol. The molecule has 32 heavy (non-hydrogen) atoms. The van der Waals surface area contributed by atoms with Gasteiger partial charge in [0, 0.05) is 12.8 Å². The normalized spacial score (nSPS) is 23.9. The van der Waals surface area contributed by atoms with E-state index in [1.807, 2.05) is 31.2 Å². The second-order valence-electron chi connectivity index (χ2n) is 10.4. The van der Waals surface area contributed by atoms with Crippen molar-refractivity contribution < 1.29 is 22.4 Å². The highest BCUT2D eigenvalue weighted by molar-refractivity contribution is 7.93. The first-order chi connectivity index (χ1) is 14.8. The van der Waals surface area contributed by atoms with Crippen LogP contribution in [0.4, 0.5) is 0 Å². The molecule has 9 heteroatoms. The third-order valence-electron chi connectivity index (χ3n) is 6.74. The molecule has 0 unspecified atom stereocenters. The lowest BCUT2D eigenvalue weighted by Crippen LogP contribution is -2.48. The van der Waals surface area contributed by atoms with E-state index in [2.05, 4.69) is 38.8 Å². The Morgan fingerprint density at radius 1 is 1.28 bits per heavy atom. The van der Waals surface area contributed by atoms with Gasteiger partial charge in [-0.2, -0.15) is 0 Å². The van der Waals surface area contributed by atoms with Crippen LogP contribution in [0.15, 0.2) is 28.6 Å². The summed E-state index contributed by atoms with van der Waals surface area (Å²) < 4.78 is 40.1. The third kappa shape index (κ3) is 5.86. The highest BCUT2D eigenvalue weighted by atomic mass is 32.2. The van der Waals surface area contributed by atoms with Crippen molar-refractivity contribution >= 4 is 46.0 Å². The number of rotatable bonds is 8. The summed E-state index contributed by atoms with van der Waals surface area (Å²) in [6.07, 6.45) is 2.01. The summed E-state index contributed by atoms with van der Waals surface area (Å²) in [6.45, 7) is 12.8. The van der Waals surface area contributed by atoms with Crippen molar-refractivity contribution in [2.24, 2.45) is 11.8 Å². The van der Waals surface area contributed by atoms with Crippen LogP contribution in [0.3, 0.4) is 0 Å². The summed E-state index contributed by atoms with van der Waals surface area (Å²) in [6, 6.07) is 7.44. The van der Waals surface area contributed by atoms with Crippen LogP contribution in [-0.4, -0.2) is 46.2 Å². The van der Waals surface area contributed by atoms with Crippen LogP contribution in [0.25, 0.3) is 10.2 Å². The Morgan fingerprint density at radius 3 is 2.59 bits per heavy atom. The number of carbonyl (C=O) groups excluding carboxylic acids is 1. The standard InChI is InChI=1S/C23H35NO5S2Si/c1-16(15-31(26,27)22-24-18-9-7-8-10-20(18)30-22)19-13-17(11-12-25)14-21(28-19)29-32(5,6)23(2,3)4/h7-10,12,16-17,19,21H,11,13-15H2,1-6H3/t16-,17-,19-,21-/m1/s1. The Bertz CT molecular complexity index is 1010. The minimum Gasteiger partial charge on any atom is -0.392 e. The van der Waals surface area contributed by atoms with Crippen molar-refractivity contribution in [3.05, 3.63) is 24.3 Å². The number of fused-ring (bicyclic) bond motifs is 1. The Morgan fingerprint density at radius 2 is 1.97 bits per heavy atom. The number of para-hydroxylation sites is 1. The molecule has 1 aliphatic heterocycles. The number of ether oxygens (including phenoxy) is 1. The van der Waals surface area contributed by atoms with Gasteiger partial charge in [0.1, 0.15) is 12.6 Å². The molecular weight excluding hydrogens is 462 g/mol. The monoisotopic (exact) mass is 497 g/mol. The molecule has 2 heterocycles. The van der Waals surface area contributed by atoms with Gasteiger partial charge >= 0.3 is 0 Å². The Kier molecular flexibility index (Phi) is 7.66. The lowest BCUT2D eigenvalue weighted by molar-refractivity contribution is -0.180. The van der Waals surface area contributed by atoms with E-state index in [1.165, 1.54) is 11.3 Å². The second kappa shape index (κ2) is 9.62. The maximum absolute atomic E-state index is 13.1. The molecule has 1 aliphatic rings. The molecule has 3 rings (SSSR count). The number of thiazole rings is 1. The van der Waals surface area contributed by atoms with Crippen molar-refractivity contribution in [2.45, 2.75) is 81.8 Å². The van der Waals surface area contributed by atoms with E-state index in [-0.39, 0.29) is 33.1 Å². The fraction of sp³-hybridized carbons (Fsp3) is 0.652. The highest BCUT2D eigenvalue weighted by Crippen LogP contribution is 2.40. The van der Waals surface area contributed by atoms with Gasteiger partial charge in [-0.25, -0.2) is 13.4 Å². The minimum atomic E-state index is -3.55. The number of aromatic nitrogens is 1. The fourth-order valence-corrected chi connectivity index (χ4v) is 7.92. The molecule has 0 spiro atoms. The maximum Gasteiger partial charge on any atom is 0.210 e. The molecule has 0 bridgehead atoms. The molecule has 1 aromatic carbocycles. The first kappa shape index (κ1) is 25.5. The SMILES string of the molecule is C[C@H](CS(=O)(=O)c1nc2ccccc2s1)[C@H]1C[C@@H](CC=O)C[C@@H](O[Si](C)(C)C(C)(C)C)O1. The summed E-state index contributed by atoms with van der Waals surface area (Å²) in [5.41, 5.74) is 0.700. The molecule has 0 saturated carbocycles. The molecule has 4 atom stereocenters. The van der Waals surface area contributed by atoms with E-state index < -0.39 is 24.4 Å². The number of sulfone groups is 1. The van der Waals surface area contributed by atoms with Gasteiger partial charge in [0.2, 0.25) is 14.2 Å². The Labute approximate surface area is 196 Å². The van der Waals surface area contributed by atoms with E-state index in [9.17, 15) is 13.2 Å². The van der Waals surface area contributed by atoms with E-state index in [0.717, 1.165) is 11.0 Å². The van der Waals surface area contributed by atoms with Gasteiger partial charge in [-0.1, -0.05) is 39.8 Å². The van der Waals surface area contributed by atoms with Crippen molar-refractivity contribution in [1.29, 1.82) is 0 Å². The van der Waals surface area contributed by atoms with Crippen LogP contribution >= 0.6 is 11.3 Å². The van der Waals surface area contributed by atoms with Gasteiger partial charge in [0.25, 0.3) is 0 Å². The van der Waals surface area contributed by atoms with E-state index in [0.29, 0.717) is 24.8 Å². The second-order valence-corrected chi connectivity index (χ2v) is 18.4. The van der Waals surface area contributed by atoms with Crippen LogP contribution < -0.4 is 0 Å². The lowest BCUT2D eigenvalue weighted by atomic mass is 9.88. The molecule has 0 N–H and O–H groups in total. The number of nitrogens with zero attached hydrogens (tertiary/aromatic N) is 1. The van der Waals surface area contributed by atoms with Crippen molar-refractivity contribution in [1.82, 2.24) is 4.98 Å². The smallest absolute Gasteiger partial charge is 0.210 e. The summed E-state index contributed by atoms with van der Waals surface area (Å²) in [5, 5.41) is 0.0330. The van der Waals surface area contributed by atoms with Crippen LogP contribution in [0.2, 0.25) is 18.1 Å². The van der Waals surface area contributed by atoms with E-state index in [4.69, 9.17) is 9.16 Å². The van der Waals surface area contributed by atoms with Crippen molar-refractivity contribution in [3.8, 4) is 0 Å². The quantitative estimate of drug-likeness (QED) is 0.357. The van der Waals surface area contributed by atoms with Gasteiger partial charge in [-0.3, -0.25) is 0 Å². The molecule has 2 aromatic rings. The molecule has 0 radical (unpaired) electrons. The maximum atomic E-state index is 13.1. The number of hydrogen-bond donors (Lipinski definition) is 0. The first-order valence-corrected chi connectivity index (χ1v) is 16.6. The molecule has 1 fully saturated rings. The largest absolute Gasteiger partial charge is 0.392 e. The Hall–Kier alpha value is -1.13. The molecule has 6 nitrogen and oxygen atoms in total. The van der Waals surface area contributed by atoms with Crippen molar-refractivity contribution in [2.75, 3.05) is 5.75 Å². The summed E-state index contributed by atoms with van der Waals surface area (Å²) >= 11 is 1.21. The predicted octanol–water partition coefficient (Wildman–Crippen LogP) is 5.44. The van der Waals surface area contributed by atoms with Crippen LogP contribution in [0.1, 0.15) is 47.0 Å². The van der Waals surface area contributed by atoms with Gasteiger partial charge in [-0.05, 0) is 48.5 Å². The van der Waals surface area contributed by atoms with Gasteiger partial charge in [0.15, 0.2) is 8.32 Å². The third-order valence-corrected chi connectivity index (χ3v) is 14.6. The topological polar surface area (TPSA) is 82.6 Å². The summed E-state index contributed by atoms with van der Waals surface area (Å²) in [5.74, 6) is -0.154. The fourth-order valence-electron chi connectivity index (χ4n) is 3.79. The van der Waals surface area contributed by atoms with Gasteiger partial charge in [-0.15, -0.1) is 11.3 Å². The lowest BCUT2D eigenvalue weighted by Gasteiger charge is -2.44. The van der Waals surface area contributed by atoms with Crippen LogP contribution in [0.5, 0.6) is 0 Å². The average Bonchev–Trinajstić information content (AvgIpc) is 3.12. The Balaban J connectivity index is 1.75. The molecule has 0 amide bonds. The van der Waals surface area contributed by atoms with Crippen LogP contribution in [-0.2, 0) is 23.8 Å². The van der Waals surface area contributed by atoms with Gasteiger partial charge < -0.3 is 14.0 Å². The zero-order chi connectivity index (χ0) is 23.7. The summed E-state index contributed by atoms with van der Waals surface area (Å²) in [4.78, 5) is 15.6. The first-order valence-electron chi connectivity index (χ1n) is 11.2. The summed E-state index contributed by atoms with van der Waals surface area (Å²) in [7, 11) is -5.62. The average molecular weight is 498 g/mol. The number of hydrogen-bond acceptors (Lipinski definition) is 7. The van der Waals surface area contributed by atoms with E-state index >= 15 is 0 Å². The molecule has 178 valence electrons. The minimum absolute atomic E-state index is 0.0330. The zero-order valence-electron chi connectivity index (χ0n) is 19.8. The molecular formula is C23H35NO5S2Si. The molecule has 0 aliphatic carbocycles. The van der Waals surface area contributed by atoms with E-state index in [1.54, 1.807) is 0 Å². The highest BCUT2D eigenvalue weighted by Gasteiger charge is 2.43. The number of benzene rings is 1. The molecule has 1 saturated heterocycles. The number of carbonyl (C=O) groups is 1. The molecule has 1 aromatic heterocycles. The van der Waals surface area contributed by atoms with Gasteiger partial charge in [0.05, 0.1) is 22.1 Å². The van der Waals surface area contributed by atoms with Crippen LogP contribution in [0, 0.1) is 11.8 Å². The van der Waals surface area contributed by atoms with Crippen molar-refractivity contribution in [3.63, 3.8) is 0 Å².